The quantitative estimate of drug-likeness (QED) is 0.762. The number of halogens is 2. The van der Waals surface area contributed by atoms with E-state index in [4.69, 9.17) is 10.2 Å². The molecular weight excluding hydrogens is 432 g/mol. The summed E-state index contributed by atoms with van der Waals surface area (Å²) < 4.78 is 31.0. The van der Waals surface area contributed by atoms with Gasteiger partial charge in [0.1, 0.15) is 11.1 Å². The van der Waals surface area contributed by atoms with Gasteiger partial charge >= 0.3 is 0 Å². The topological polar surface area (TPSA) is 76.5 Å². The molecule has 1 aliphatic heterocycles. The molecule has 0 aromatic carbocycles. The van der Waals surface area contributed by atoms with Crippen LogP contribution in [0.1, 0.15) is 11.8 Å². The van der Waals surface area contributed by atoms with Gasteiger partial charge in [0.05, 0.1) is 10.5 Å². The second-order valence-electron chi connectivity index (χ2n) is 4.62. The molecule has 2 atom stereocenters. The zero-order chi connectivity index (χ0) is 14.9. The lowest BCUT2D eigenvalue weighted by atomic mass is 10.2. The molecular formula is C11H16Br2N2O3S2. The minimum absolute atomic E-state index is 0.238. The lowest BCUT2D eigenvalue weighted by molar-refractivity contribution is 0.174. The molecule has 1 fully saturated rings. The summed E-state index contributed by atoms with van der Waals surface area (Å²) in [5, 5.41) is -0.516. The Morgan fingerprint density at radius 2 is 2.30 bits per heavy atom. The predicted octanol–water partition coefficient (Wildman–Crippen LogP) is 2.22. The van der Waals surface area contributed by atoms with Crippen molar-refractivity contribution in [3.63, 3.8) is 0 Å². The van der Waals surface area contributed by atoms with Crippen LogP contribution < -0.4 is 5.73 Å². The first-order valence-electron chi connectivity index (χ1n) is 6.01. The van der Waals surface area contributed by atoms with Gasteiger partial charge in [-0.1, -0.05) is 0 Å². The van der Waals surface area contributed by atoms with Gasteiger partial charge < -0.3 is 10.2 Å². The molecule has 2 heterocycles. The molecule has 0 radical (unpaired) electrons. The molecule has 1 aromatic rings. The van der Waals surface area contributed by atoms with E-state index in [1.54, 1.807) is 11.8 Å². The molecule has 0 amide bonds. The number of nitrogens with two attached hydrogens (primary N) is 1. The minimum atomic E-state index is -3.16. The molecule has 20 heavy (non-hydrogen) atoms. The molecule has 2 rings (SSSR count). The summed E-state index contributed by atoms with van der Waals surface area (Å²) in [5.74, 6) is 2.14. The highest BCUT2D eigenvalue weighted by Crippen LogP contribution is 2.35. The first-order chi connectivity index (χ1) is 9.34. The molecule has 0 bridgehead atoms. The van der Waals surface area contributed by atoms with E-state index < -0.39 is 15.2 Å². The number of hydrogen-bond donors (Lipinski definition) is 1. The Labute approximate surface area is 139 Å². The Morgan fingerprint density at radius 3 is 2.80 bits per heavy atom. The minimum Gasteiger partial charge on any atom is -0.451 e. The fourth-order valence-corrected chi connectivity index (χ4v) is 5.79. The maximum absolute atomic E-state index is 12.0. The second kappa shape index (κ2) is 6.70. The SMILES string of the molecule is CS(=O)(=O)C1CSCCN1C(CN)c1cc(Br)c(Br)o1. The normalized spacial score (nSPS) is 22.9. The van der Waals surface area contributed by atoms with Gasteiger partial charge in [-0.05, 0) is 37.9 Å². The van der Waals surface area contributed by atoms with Crippen LogP contribution in [0, 0.1) is 0 Å². The third kappa shape index (κ3) is 3.61. The maximum atomic E-state index is 12.0. The van der Waals surface area contributed by atoms with Gasteiger partial charge in [0.2, 0.25) is 0 Å². The average Bonchev–Trinajstić information content (AvgIpc) is 2.70. The zero-order valence-electron chi connectivity index (χ0n) is 10.9. The van der Waals surface area contributed by atoms with Crippen LogP contribution in [0.4, 0.5) is 0 Å². The molecule has 1 aliphatic rings. The van der Waals surface area contributed by atoms with Crippen molar-refractivity contribution in [2.24, 2.45) is 5.73 Å². The van der Waals surface area contributed by atoms with E-state index in [1.165, 1.54) is 6.26 Å². The summed E-state index contributed by atoms with van der Waals surface area (Å²) in [4.78, 5) is 1.93. The van der Waals surface area contributed by atoms with Crippen molar-refractivity contribution < 1.29 is 12.8 Å². The van der Waals surface area contributed by atoms with Crippen molar-refractivity contribution in [1.29, 1.82) is 0 Å². The van der Waals surface area contributed by atoms with Crippen molar-refractivity contribution in [2.45, 2.75) is 11.4 Å². The second-order valence-corrected chi connectivity index (χ2v) is 9.55. The third-order valence-corrected chi connectivity index (χ3v) is 7.60. The van der Waals surface area contributed by atoms with Crippen molar-refractivity contribution in [3.8, 4) is 0 Å². The molecule has 0 saturated carbocycles. The molecule has 114 valence electrons. The van der Waals surface area contributed by atoms with Gasteiger partial charge in [0.15, 0.2) is 14.5 Å². The summed E-state index contributed by atoms with van der Waals surface area (Å²) in [7, 11) is -3.16. The van der Waals surface area contributed by atoms with Crippen LogP contribution >= 0.6 is 43.6 Å². The smallest absolute Gasteiger partial charge is 0.183 e. The standard InChI is InChI=1S/C11H16Br2N2O3S2/c1-20(16,17)10-6-19-3-2-15(10)8(5-14)9-4-7(12)11(13)18-9/h4,8,10H,2-3,5-6,14H2,1H3. The van der Waals surface area contributed by atoms with Gasteiger partial charge in [0.25, 0.3) is 0 Å². The highest BCUT2D eigenvalue weighted by molar-refractivity contribution is 9.13. The highest BCUT2D eigenvalue weighted by atomic mass is 79.9. The molecule has 9 heteroatoms. The Balaban J connectivity index is 2.33. The lowest BCUT2D eigenvalue weighted by Crippen LogP contribution is -2.50. The van der Waals surface area contributed by atoms with Gasteiger partial charge in [-0.25, -0.2) is 8.42 Å². The third-order valence-electron chi connectivity index (χ3n) is 3.23. The molecule has 1 aromatic heterocycles. The van der Waals surface area contributed by atoms with Crippen LogP contribution in [-0.2, 0) is 9.84 Å². The van der Waals surface area contributed by atoms with Crippen LogP contribution in [0.25, 0.3) is 0 Å². The van der Waals surface area contributed by atoms with Gasteiger partial charge in [-0.2, -0.15) is 11.8 Å². The Kier molecular flexibility index (Phi) is 5.64. The summed E-state index contributed by atoms with van der Waals surface area (Å²) in [6.45, 7) is 0.989. The fourth-order valence-electron chi connectivity index (χ4n) is 2.26. The number of furan rings is 1. The Morgan fingerprint density at radius 1 is 1.60 bits per heavy atom. The summed E-state index contributed by atoms with van der Waals surface area (Å²) in [6.07, 6.45) is 1.28. The van der Waals surface area contributed by atoms with Gasteiger partial charge in [-0.15, -0.1) is 0 Å². The van der Waals surface area contributed by atoms with Crippen LogP contribution in [0.3, 0.4) is 0 Å². The van der Waals surface area contributed by atoms with E-state index in [1.807, 2.05) is 11.0 Å². The number of hydrogen-bond acceptors (Lipinski definition) is 6. The molecule has 2 N–H and O–H groups in total. The van der Waals surface area contributed by atoms with Crippen LogP contribution in [0.5, 0.6) is 0 Å². The molecule has 0 aliphatic carbocycles. The van der Waals surface area contributed by atoms with Crippen molar-refractivity contribution >= 4 is 53.5 Å². The van der Waals surface area contributed by atoms with Crippen molar-refractivity contribution in [2.75, 3.05) is 30.9 Å². The van der Waals surface area contributed by atoms with E-state index in [0.717, 1.165) is 10.2 Å². The van der Waals surface area contributed by atoms with Crippen LogP contribution in [-0.4, -0.2) is 49.5 Å². The molecule has 2 unspecified atom stereocenters. The van der Waals surface area contributed by atoms with E-state index in [0.29, 0.717) is 29.3 Å². The van der Waals surface area contributed by atoms with Gasteiger partial charge in [0, 0.05) is 30.9 Å². The summed E-state index contributed by atoms with van der Waals surface area (Å²) in [6, 6.07) is 1.60. The predicted molar refractivity (Wildman–Crippen MR) is 88.6 cm³/mol. The number of thioether (sulfide) groups is 1. The van der Waals surface area contributed by atoms with Crippen LogP contribution in [0.15, 0.2) is 19.6 Å². The zero-order valence-corrected chi connectivity index (χ0v) is 15.7. The highest BCUT2D eigenvalue weighted by Gasteiger charge is 2.37. The fraction of sp³-hybridized carbons (Fsp3) is 0.636. The number of rotatable bonds is 4. The van der Waals surface area contributed by atoms with Crippen molar-refractivity contribution in [1.82, 2.24) is 4.90 Å². The molecule has 5 nitrogen and oxygen atoms in total. The van der Waals surface area contributed by atoms with E-state index in [-0.39, 0.29) is 6.04 Å². The largest absolute Gasteiger partial charge is 0.451 e. The maximum Gasteiger partial charge on any atom is 0.183 e. The Hall–Kier alpha value is 0.460. The molecule has 0 spiro atoms. The monoisotopic (exact) mass is 446 g/mol. The van der Waals surface area contributed by atoms with Crippen LogP contribution in [0.2, 0.25) is 0 Å². The van der Waals surface area contributed by atoms with Crippen molar-refractivity contribution in [3.05, 3.63) is 21.0 Å². The summed E-state index contributed by atoms with van der Waals surface area (Å²) >= 11 is 8.32. The number of nitrogens with zero attached hydrogens (tertiary/aromatic N) is 1. The molecule has 1 saturated heterocycles. The lowest BCUT2D eigenvalue weighted by Gasteiger charge is -2.38. The Bertz CT molecular complexity index is 557. The first-order valence-corrected chi connectivity index (χ1v) is 10.7. The summed E-state index contributed by atoms with van der Waals surface area (Å²) in [5.41, 5.74) is 5.87. The van der Waals surface area contributed by atoms with E-state index >= 15 is 0 Å². The van der Waals surface area contributed by atoms with E-state index in [9.17, 15) is 8.42 Å². The average molecular weight is 448 g/mol. The number of sulfone groups is 1. The van der Waals surface area contributed by atoms with E-state index in [2.05, 4.69) is 31.9 Å². The first kappa shape index (κ1) is 16.8. The van der Waals surface area contributed by atoms with Gasteiger partial charge in [-0.3, -0.25) is 4.90 Å².